The molecule has 0 radical (unpaired) electrons. The zero-order chi connectivity index (χ0) is 14.8. The molecule has 21 heavy (non-hydrogen) atoms. The Morgan fingerprint density at radius 2 is 2.33 bits per heavy atom. The van der Waals surface area contributed by atoms with E-state index >= 15 is 0 Å². The second-order valence-corrected chi connectivity index (χ2v) is 5.32. The highest BCUT2D eigenvalue weighted by molar-refractivity contribution is 5.69. The maximum atomic E-state index is 11.1. The summed E-state index contributed by atoms with van der Waals surface area (Å²) >= 11 is 0. The standard InChI is InChI=1S/C14H17N5O2/c1-10(18(8-14(20)21)12-5-6-12)11-3-2-4-13(7-11)19-9-15-16-17-19/h2-4,7,9-10,12H,5-6,8H2,1H3,(H,20,21). The van der Waals surface area contributed by atoms with Crippen molar-refractivity contribution in [2.45, 2.75) is 31.8 Å². The molecule has 1 aromatic carbocycles. The number of carbonyl (C=O) groups is 1. The number of hydrogen-bond acceptors (Lipinski definition) is 5. The summed E-state index contributed by atoms with van der Waals surface area (Å²) in [6.07, 6.45) is 3.69. The smallest absolute Gasteiger partial charge is 0.317 e. The quantitative estimate of drug-likeness (QED) is 0.861. The van der Waals surface area contributed by atoms with E-state index in [1.165, 1.54) is 0 Å². The molecule has 2 aromatic rings. The first-order valence-corrected chi connectivity index (χ1v) is 6.96. The number of tetrazole rings is 1. The molecule has 1 fully saturated rings. The third-order valence-corrected chi connectivity index (χ3v) is 3.80. The Morgan fingerprint density at radius 1 is 1.52 bits per heavy atom. The number of rotatable bonds is 6. The molecule has 1 saturated carbocycles. The minimum atomic E-state index is -0.787. The van der Waals surface area contributed by atoms with Crippen LogP contribution in [0.25, 0.3) is 5.69 Å². The van der Waals surface area contributed by atoms with Gasteiger partial charge in [0.15, 0.2) is 0 Å². The van der Waals surface area contributed by atoms with Crippen molar-refractivity contribution in [3.05, 3.63) is 36.2 Å². The van der Waals surface area contributed by atoms with Crippen LogP contribution in [0.3, 0.4) is 0 Å². The number of aromatic nitrogens is 4. The average molecular weight is 287 g/mol. The van der Waals surface area contributed by atoms with Crippen LogP contribution in [-0.2, 0) is 4.79 Å². The van der Waals surface area contributed by atoms with Crippen LogP contribution < -0.4 is 0 Å². The van der Waals surface area contributed by atoms with Crippen molar-refractivity contribution in [2.24, 2.45) is 0 Å². The second-order valence-electron chi connectivity index (χ2n) is 5.32. The molecule has 1 unspecified atom stereocenters. The van der Waals surface area contributed by atoms with Crippen molar-refractivity contribution in [1.29, 1.82) is 0 Å². The van der Waals surface area contributed by atoms with Crippen LogP contribution >= 0.6 is 0 Å². The summed E-state index contributed by atoms with van der Waals surface area (Å²) in [6, 6.07) is 8.30. The molecule has 0 saturated heterocycles. The van der Waals surface area contributed by atoms with Gasteiger partial charge >= 0.3 is 5.97 Å². The summed E-state index contributed by atoms with van der Waals surface area (Å²) in [4.78, 5) is 13.1. The van der Waals surface area contributed by atoms with Crippen LogP contribution in [0.15, 0.2) is 30.6 Å². The van der Waals surface area contributed by atoms with Gasteiger partial charge in [0.05, 0.1) is 12.2 Å². The van der Waals surface area contributed by atoms with E-state index in [-0.39, 0.29) is 12.6 Å². The average Bonchev–Trinajstić information content (AvgIpc) is 3.17. The lowest BCUT2D eigenvalue weighted by Gasteiger charge is -2.28. The Labute approximate surface area is 122 Å². The highest BCUT2D eigenvalue weighted by Gasteiger charge is 2.34. The minimum Gasteiger partial charge on any atom is -0.480 e. The number of nitrogens with zero attached hydrogens (tertiary/aromatic N) is 5. The predicted octanol–water partition coefficient (Wildman–Crippen LogP) is 1.27. The summed E-state index contributed by atoms with van der Waals surface area (Å²) in [7, 11) is 0. The van der Waals surface area contributed by atoms with E-state index in [4.69, 9.17) is 5.11 Å². The Hall–Kier alpha value is -2.28. The van der Waals surface area contributed by atoms with Gasteiger partial charge in [-0.25, -0.2) is 4.68 Å². The number of carboxylic acid groups (broad SMARTS) is 1. The Kier molecular flexibility index (Phi) is 3.66. The molecule has 0 spiro atoms. The van der Waals surface area contributed by atoms with Gasteiger partial charge in [-0.1, -0.05) is 12.1 Å². The largest absolute Gasteiger partial charge is 0.480 e. The fraction of sp³-hybridized carbons (Fsp3) is 0.429. The number of carboxylic acids is 1. The van der Waals surface area contributed by atoms with Crippen molar-refractivity contribution >= 4 is 5.97 Å². The molecule has 1 aromatic heterocycles. The van der Waals surface area contributed by atoms with E-state index < -0.39 is 5.97 Å². The summed E-state index contributed by atoms with van der Waals surface area (Å²) in [5, 5.41) is 20.2. The molecule has 110 valence electrons. The lowest BCUT2D eigenvalue weighted by atomic mass is 10.1. The second kappa shape index (κ2) is 5.61. The minimum absolute atomic E-state index is 0.0463. The molecule has 7 heteroatoms. The normalized spacial score (nSPS) is 16.1. The van der Waals surface area contributed by atoms with E-state index in [9.17, 15) is 4.79 Å². The highest BCUT2D eigenvalue weighted by atomic mass is 16.4. The van der Waals surface area contributed by atoms with Crippen LogP contribution in [0, 0.1) is 0 Å². The molecule has 1 N–H and O–H groups in total. The monoisotopic (exact) mass is 287 g/mol. The molecule has 0 aliphatic heterocycles. The number of benzene rings is 1. The molecule has 7 nitrogen and oxygen atoms in total. The van der Waals surface area contributed by atoms with Gasteiger partial charge in [0.25, 0.3) is 0 Å². The lowest BCUT2D eigenvalue weighted by Crippen LogP contribution is -2.34. The molecule has 1 aliphatic rings. The van der Waals surface area contributed by atoms with Gasteiger partial charge in [0, 0.05) is 12.1 Å². The van der Waals surface area contributed by atoms with Gasteiger partial charge in [0.1, 0.15) is 6.33 Å². The predicted molar refractivity (Wildman–Crippen MR) is 74.9 cm³/mol. The van der Waals surface area contributed by atoms with Crippen LogP contribution in [0.4, 0.5) is 0 Å². The van der Waals surface area contributed by atoms with Gasteiger partial charge in [-0.2, -0.15) is 0 Å². The first-order chi connectivity index (χ1) is 10.1. The van der Waals surface area contributed by atoms with Crippen molar-refractivity contribution in [1.82, 2.24) is 25.1 Å². The molecule has 0 amide bonds. The molecular weight excluding hydrogens is 270 g/mol. The SMILES string of the molecule is CC(c1cccc(-n2cnnn2)c1)N(CC(=O)O)C1CC1. The van der Waals surface area contributed by atoms with Gasteiger partial charge in [-0.15, -0.1) is 5.10 Å². The zero-order valence-electron chi connectivity index (χ0n) is 11.8. The summed E-state index contributed by atoms with van der Waals surface area (Å²) in [6.45, 7) is 2.11. The first kappa shape index (κ1) is 13.7. The summed E-state index contributed by atoms with van der Waals surface area (Å²) in [5.41, 5.74) is 1.94. The Balaban J connectivity index is 1.84. The Morgan fingerprint density at radius 3 is 2.95 bits per heavy atom. The number of aliphatic carboxylic acids is 1. The van der Waals surface area contributed by atoms with Crippen molar-refractivity contribution in [3.63, 3.8) is 0 Å². The van der Waals surface area contributed by atoms with Gasteiger partial charge < -0.3 is 5.11 Å². The topological polar surface area (TPSA) is 84.1 Å². The van der Waals surface area contributed by atoms with E-state index in [0.29, 0.717) is 6.04 Å². The maximum Gasteiger partial charge on any atom is 0.317 e. The van der Waals surface area contributed by atoms with Crippen molar-refractivity contribution in [2.75, 3.05) is 6.54 Å². The van der Waals surface area contributed by atoms with E-state index in [2.05, 4.69) is 15.5 Å². The molecule has 1 aliphatic carbocycles. The molecule has 1 heterocycles. The lowest BCUT2D eigenvalue weighted by molar-refractivity contribution is -0.139. The van der Waals surface area contributed by atoms with E-state index in [0.717, 1.165) is 24.1 Å². The third-order valence-electron chi connectivity index (χ3n) is 3.80. The Bertz CT molecular complexity index is 624. The van der Waals surface area contributed by atoms with Gasteiger partial charge in [-0.05, 0) is 47.9 Å². The molecule has 1 atom stereocenters. The fourth-order valence-electron chi connectivity index (χ4n) is 2.54. The van der Waals surface area contributed by atoms with E-state index in [1.807, 2.05) is 36.1 Å². The first-order valence-electron chi connectivity index (χ1n) is 6.96. The zero-order valence-corrected chi connectivity index (χ0v) is 11.8. The van der Waals surface area contributed by atoms with Gasteiger partial charge in [-0.3, -0.25) is 9.69 Å². The fourth-order valence-corrected chi connectivity index (χ4v) is 2.54. The summed E-state index contributed by atoms with van der Waals surface area (Å²) in [5.74, 6) is -0.787. The van der Waals surface area contributed by atoms with Crippen molar-refractivity contribution in [3.8, 4) is 5.69 Å². The highest BCUT2D eigenvalue weighted by Crippen LogP contribution is 2.34. The molecular formula is C14H17N5O2. The maximum absolute atomic E-state index is 11.1. The number of hydrogen-bond donors (Lipinski definition) is 1. The van der Waals surface area contributed by atoms with Crippen LogP contribution in [0.5, 0.6) is 0 Å². The van der Waals surface area contributed by atoms with E-state index in [1.54, 1.807) is 11.0 Å². The van der Waals surface area contributed by atoms with Gasteiger partial charge in [0.2, 0.25) is 0 Å². The molecule has 3 rings (SSSR count). The van der Waals surface area contributed by atoms with Crippen molar-refractivity contribution < 1.29 is 9.90 Å². The molecule has 0 bridgehead atoms. The third kappa shape index (κ3) is 3.08. The summed E-state index contributed by atoms with van der Waals surface area (Å²) < 4.78 is 1.59. The van der Waals surface area contributed by atoms with Crippen LogP contribution in [0.2, 0.25) is 0 Å². The van der Waals surface area contributed by atoms with Crippen LogP contribution in [0.1, 0.15) is 31.4 Å². The van der Waals surface area contributed by atoms with Crippen LogP contribution in [-0.4, -0.2) is 48.8 Å².